The van der Waals surface area contributed by atoms with Gasteiger partial charge in [-0.3, -0.25) is 15.0 Å². The van der Waals surface area contributed by atoms with Crippen LogP contribution in [0.5, 0.6) is 5.75 Å². The summed E-state index contributed by atoms with van der Waals surface area (Å²) in [7, 11) is 0. The van der Waals surface area contributed by atoms with Gasteiger partial charge >= 0.3 is 6.03 Å². The van der Waals surface area contributed by atoms with Crippen LogP contribution in [0.15, 0.2) is 12.1 Å². The molecule has 7 nitrogen and oxygen atoms in total. The van der Waals surface area contributed by atoms with E-state index in [4.69, 9.17) is 16.3 Å². The molecule has 2 aliphatic heterocycles. The van der Waals surface area contributed by atoms with Gasteiger partial charge in [-0.25, -0.2) is 4.79 Å². The Balaban J connectivity index is 2.14. The van der Waals surface area contributed by atoms with Crippen molar-refractivity contribution >= 4 is 23.3 Å². The number of urea groups is 1. The molecule has 2 atom stereocenters. The van der Waals surface area contributed by atoms with E-state index in [1.54, 1.807) is 4.90 Å². The number of carbonyl (C=O) groups excluding carboxylic acids is 1. The number of hydrogen-bond donors (Lipinski definition) is 1. The van der Waals surface area contributed by atoms with Gasteiger partial charge in [0.05, 0.1) is 11.0 Å². The quantitative estimate of drug-likeness (QED) is 0.672. The second kappa shape index (κ2) is 4.49. The molecule has 1 fully saturated rings. The number of halogens is 1. The first-order valence-corrected chi connectivity index (χ1v) is 6.99. The third-order valence-corrected chi connectivity index (χ3v) is 4.40. The van der Waals surface area contributed by atoms with E-state index in [1.165, 1.54) is 12.1 Å². The highest BCUT2D eigenvalue weighted by atomic mass is 35.5. The SMILES string of the molecule is CCN1C(=O)NC2CC1(C)Oc1ccc([N+](=O)[O-])c(Cl)c12. The van der Waals surface area contributed by atoms with E-state index < -0.39 is 10.6 Å². The molecule has 0 radical (unpaired) electrons. The fourth-order valence-electron chi connectivity index (χ4n) is 3.09. The number of nitro benzene ring substituents is 1. The Morgan fingerprint density at radius 3 is 2.95 bits per heavy atom. The second-order valence-electron chi connectivity index (χ2n) is 5.30. The summed E-state index contributed by atoms with van der Waals surface area (Å²) < 4.78 is 5.94. The van der Waals surface area contributed by atoms with E-state index in [2.05, 4.69) is 5.32 Å². The van der Waals surface area contributed by atoms with E-state index in [-0.39, 0.29) is 22.8 Å². The van der Waals surface area contributed by atoms with Gasteiger partial charge in [0.2, 0.25) is 0 Å². The van der Waals surface area contributed by atoms with Crippen LogP contribution in [0.2, 0.25) is 5.02 Å². The molecule has 2 heterocycles. The molecule has 112 valence electrons. The molecule has 0 saturated carbocycles. The highest BCUT2D eigenvalue weighted by Crippen LogP contribution is 2.48. The number of amides is 2. The van der Waals surface area contributed by atoms with Crippen molar-refractivity contribution in [3.63, 3.8) is 0 Å². The summed E-state index contributed by atoms with van der Waals surface area (Å²) in [6.45, 7) is 4.21. The summed E-state index contributed by atoms with van der Waals surface area (Å²) in [6.07, 6.45) is 0.487. The minimum Gasteiger partial charge on any atom is -0.468 e. The molecule has 1 aromatic rings. The van der Waals surface area contributed by atoms with Crippen molar-refractivity contribution in [2.45, 2.75) is 32.0 Å². The maximum Gasteiger partial charge on any atom is 0.320 e. The Morgan fingerprint density at radius 2 is 2.33 bits per heavy atom. The van der Waals surface area contributed by atoms with Crippen LogP contribution in [0, 0.1) is 10.1 Å². The van der Waals surface area contributed by atoms with Crippen molar-refractivity contribution in [1.82, 2.24) is 10.2 Å². The fourth-order valence-corrected chi connectivity index (χ4v) is 3.44. The van der Waals surface area contributed by atoms with Crippen LogP contribution < -0.4 is 10.1 Å². The normalized spacial score (nSPS) is 26.7. The molecule has 2 unspecified atom stereocenters. The molecule has 0 aliphatic carbocycles. The summed E-state index contributed by atoms with van der Waals surface area (Å²) in [5, 5.41) is 13.9. The Morgan fingerprint density at radius 1 is 1.62 bits per heavy atom. The van der Waals surface area contributed by atoms with E-state index in [0.29, 0.717) is 24.3 Å². The van der Waals surface area contributed by atoms with E-state index in [0.717, 1.165) is 0 Å². The highest BCUT2D eigenvalue weighted by Gasteiger charge is 2.49. The van der Waals surface area contributed by atoms with Crippen molar-refractivity contribution in [2.75, 3.05) is 6.54 Å². The van der Waals surface area contributed by atoms with Gasteiger partial charge < -0.3 is 10.1 Å². The minimum absolute atomic E-state index is 0.0230. The molecule has 21 heavy (non-hydrogen) atoms. The lowest BCUT2D eigenvalue weighted by Gasteiger charge is -2.50. The van der Waals surface area contributed by atoms with E-state index in [9.17, 15) is 14.9 Å². The fraction of sp³-hybridized carbons (Fsp3) is 0.462. The Kier molecular flexibility index (Phi) is 2.98. The molecule has 2 aliphatic rings. The molecule has 1 saturated heterocycles. The molecule has 0 aromatic heterocycles. The predicted octanol–water partition coefficient (Wildman–Crippen LogP) is 2.83. The van der Waals surface area contributed by atoms with Crippen molar-refractivity contribution in [2.24, 2.45) is 0 Å². The number of nitrogens with zero attached hydrogens (tertiary/aromatic N) is 2. The second-order valence-corrected chi connectivity index (χ2v) is 5.67. The predicted molar refractivity (Wildman–Crippen MR) is 75.4 cm³/mol. The monoisotopic (exact) mass is 311 g/mol. The van der Waals surface area contributed by atoms with Crippen LogP contribution in [-0.2, 0) is 0 Å². The van der Waals surface area contributed by atoms with Crippen LogP contribution in [-0.4, -0.2) is 28.1 Å². The first kappa shape index (κ1) is 13.9. The number of benzene rings is 1. The number of rotatable bonds is 2. The van der Waals surface area contributed by atoms with Crippen LogP contribution >= 0.6 is 11.6 Å². The summed E-state index contributed by atoms with van der Waals surface area (Å²) in [5.74, 6) is 0.475. The maximum atomic E-state index is 12.1. The summed E-state index contributed by atoms with van der Waals surface area (Å²) in [6, 6.07) is 2.21. The molecule has 2 amide bonds. The van der Waals surface area contributed by atoms with Gasteiger partial charge in [-0.2, -0.15) is 0 Å². The third kappa shape index (κ3) is 1.91. The lowest BCUT2D eigenvalue weighted by molar-refractivity contribution is -0.384. The van der Waals surface area contributed by atoms with Crippen LogP contribution in [0.1, 0.15) is 31.9 Å². The van der Waals surface area contributed by atoms with Crippen LogP contribution in [0.3, 0.4) is 0 Å². The van der Waals surface area contributed by atoms with Gasteiger partial charge in [0, 0.05) is 24.6 Å². The minimum atomic E-state index is -0.770. The average molecular weight is 312 g/mol. The zero-order valence-electron chi connectivity index (χ0n) is 11.6. The van der Waals surface area contributed by atoms with Crippen LogP contribution in [0.4, 0.5) is 10.5 Å². The average Bonchev–Trinajstić information content (AvgIpc) is 2.37. The first-order valence-electron chi connectivity index (χ1n) is 6.61. The third-order valence-electron chi connectivity index (χ3n) is 4.01. The summed E-state index contributed by atoms with van der Waals surface area (Å²) >= 11 is 6.14. The van der Waals surface area contributed by atoms with Gasteiger partial charge in [-0.1, -0.05) is 11.6 Å². The summed E-state index contributed by atoms with van der Waals surface area (Å²) in [4.78, 5) is 24.2. The zero-order valence-corrected chi connectivity index (χ0v) is 12.3. The maximum absolute atomic E-state index is 12.1. The van der Waals surface area contributed by atoms with Crippen LogP contribution in [0.25, 0.3) is 0 Å². The zero-order chi connectivity index (χ0) is 15.4. The van der Waals surface area contributed by atoms with Gasteiger partial charge in [0.25, 0.3) is 5.69 Å². The molecule has 0 spiro atoms. The van der Waals surface area contributed by atoms with Gasteiger partial charge in [0.15, 0.2) is 5.72 Å². The molecular weight excluding hydrogens is 298 g/mol. The van der Waals surface area contributed by atoms with Gasteiger partial charge in [-0.15, -0.1) is 0 Å². The molecule has 1 aromatic carbocycles. The van der Waals surface area contributed by atoms with Crippen molar-refractivity contribution in [3.05, 3.63) is 32.8 Å². The molecule has 1 N–H and O–H groups in total. The molecule has 2 bridgehead atoms. The standard InChI is InChI=1S/C13H14ClN3O4/c1-3-16-12(18)15-7-6-13(16,2)21-9-5-4-8(17(19)20)11(14)10(7)9/h4-5,7H,3,6H2,1-2H3,(H,15,18). The molecule has 3 rings (SSSR count). The number of fused-ring (bicyclic) bond motifs is 4. The number of hydrogen-bond acceptors (Lipinski definition) is 4. The lowest BCUT2D eigenvalue weighted by atomic mass is 9.90. The van der Waals surface area contributed by atoms with Gasteiger partial charge in [-0.05, 0) is 19.9 Å². The number of nitro groups is 1. The van der Waals surface area contributed by atoms with Crippen molar-refractivity contribution < 1.29 is 14.5 Å². The van der Waals surface area contributed by atoms with Crippen molar-refractivity contribution in [1.29, 1.82) is 0 Å². The number of carbonyl (C=O) groups is 1. The van der Waals surface area contributed by atoms with Gasteiger partial charge in [0.1, 0.15) is 10.8 Å². The Labute approximate surface area is 126 Å². The Hall–Kier alpha value is -2.02. The first-order chi connectivity index (χ1) is 9.87. The Bertz CT molecular complexity index is 651. The van der Waals surface area contributed by atoms with E-state index in [1.807, 2.05) is 13.8 Å². The lowest BCUT2D eigenvalue weighted by Crippen LogP contribution is -2.64. The highest BCUT2D eigenvalue weighted by molar-refractivity contribution is 6.33. The summed E-state index contributed by atoms with van der Waals surface area (Å²) in [5.41, 5.74) is -0.476. The largest absolute Gasteiger partial charge is 0.468 e. The topological polar surface area (TPSA) is 84.7 Å². The molecule has 8 heteroatoms. The molecular formula is C13H14ClN3O4. The van der Waals surface area contributed by atoms with Crippen molar-refractivity contribution in [3.8, 4) is 5.75 Å². The van der Waals surface area contributed by atoms with E-state index >= 15 is 0 Å². The number of nitrogens with one attached hydrogen (secondary N) is 1. The number of ether oxygens (including phenoxy) is 1. The smallest absolute Gasteiger partial charge is 0.320 e.